The van der Waals surface area contributed by atoms with Crippen molar-refractivity contribution in [1.29, 1.82) is 0 Å². The van der Waals surface area contributed by atoms with E-state index in [1.807, 2.05) is 24.3 Å². The smallest absolute Gasteiger partial charge is 0.244 e. The van der Waals surface area contributed by atoms with Gasteiger partial charge in [-0.1, -0.05) is 12.1 Å². The maximum absolute atomic E-state index is 11.9. The average Bonchev–Trinajstić information content (AvgIpc) is 2.54. The molecular formula is C17H18N2O3. The van der Waals surface area contributed by atoms with Gasteiger partial charge in [-0.15, -0.1) is 0 Å². The van der Waals surface area contributed by atoms with Crippen LogP contribution in [0.4, 0.5) is 0 Å². The summed E-state index contributed by atoms with van der Waals surface area (Å²) in [5.74, 6) is 0.758. The molecule has 5 nitrogen and oxygen atoms in total. The van der Waals surface area contributed by atoms with E-state index in [2.05, 4.69) is 10.5 Å². The van der Waals surface area contributed by atoms with Gasteiger partial charge in [-0.3, -0.25) is 4.79 Å². The summed E-state index contributed by atoms with van der Waals surface area (Å²) in [6, 6.07) is 13.9. The Morgan fingerprint density at radius 2 is 1.77 bits per heavy atom. The summed E-state index contributed by atoms with van der Waals surface area (Å²) < 4.78 is 5.07. The molecule has 5 heteroatoms. The van der Waals surface area contributed by atoms with Gasteiger partial charge in [0.05, 0.1) is 19.2 Å². The number of phenols is 1. The number of carbonyl (C=O) groups excluding carboxylic acids is 1. The number of nitrogens with zero attached hydrogens (tertiary/aromatic N) is 1. The minimum atomic E-state index is -0.191. The van der Waals surface area contributed by atoms with E-state index in [4.69, 9.17) is 4.74 Å². The summed E-state index contributed by atoms with van der Waals surface area (Å²) >= 11 is 0. The van der Waals surface area contributed by atoms with Gasteiger partial charge < -0.3 is 9.84 Å². The Bertz CT molecular complexity index is 661. The number of rotatable bonds is 5. The third kappa shape index (κ3) is 4.34. The minimum Gasteiger partial charge on any atom is -0.508 e. The van der Waals surface area contributed by atoms with Crippen LogP contribution in [0.25, 0.3) is 0 Å². The maximum Gasteiger partial charge on any atom is 0.244 e. The fourth-order valence-corrected chi connectivity index (χ4v) is 1.88. The van der Waals surface area contributed by atoms with Crippen molar-refractivity contribution >= 4 is 11.6 Å². The molecule has 2 N–H and O–H groups in total. The van der Waals surface area contributed by atoms with Crippen molar-refractivity contribution in [1.82, 2.24) is 5.43 Å². The topological polar surface area (TPSA) is 70.9 Å². The molecule has 114 valence electrons. The number of hydrogen-bond donors (Lipinski definition) is 2. The molecule has 2 aromatic carbocycles. The first-order chi connectivity index (χ1) is 10.6. The molecule has 0 heterocycles. The molecule has 0 aliphatic rings. The molecule has 0 aromatic heterocycles. The summed E-state index contributed by atoms with van der Waals surface area (Å²) in [5.41, 5.74) is 4.92. The standard InChI is InChI=1S/C17H18N2O3/c1-12(14-5-7-15(20)8-6-14)18-19-17(21)11-13-3-9-16(22-2)10-4-13/h3-10,20H,11H2,1-2H3,(H,19,21)/b18-12+. The first-order valence-corrected chi connectivity index (χ1v) is 6.84. The lowest BCUT2D eigenvalue weighted by molar-refractivity contribution is -0.120. The lowest BCUT2D eigenvalue weighted by Crippen LogP contribution is -2.21. The van der Waals surface area contributed by atoms with Gasteiger partial charge in [0, 0.05) is 0 Å². The van der Waals surface area contributed by atoms with Gasteiger partial charge >= 0.3 is 0 Å². The van der Waals surface area contributed by atoms with Crippen LogP contribution in [0.2, 0.25) is 0 Å². The lowest BCUT2D eigenvalue weighted by atomic mass is 10.1. The Morgan fingerprint density at radius 1 is 1.14 bits per heavy atom. The number of ether oxygens (including phenoxy) is 1. The van der Waals surface area contributed by atoms with Gasteiger partial charge in [-0.25, -0.2) is 5.43 Å². The highest BCUT2D eigenvalue weighted by molar-refractivity contribution is 5.99. The Balaban J connectivity index is 1.93. The second kappa shape index (κ2) is 7.26. The van der Waals surface area contributed by atoms with Crippen molar-refractivity contribution in [2.75, 3.05) is 7.11 Å². The Morgan fingerprint density at radius 3 is 2.36 bits per heavy atom. The number of hydrazone groups is 1. The second-order valence-electron chi connectivity index (χ2n) is 4.80. The normalized spacial score (nSPS) is 11.1. The number of carbonyl (C=O) groups is 1. The quantitative estimate of drug-likeness (QED) is 0.658. The molecule has 0 fully saturated rings. The van der Waals surface area contributed by atoms with Gasteiger partial charge in [0.25, 0.3) is 0 Å². The van der Waals surface area contributed by atoms with Crippen molar-refractivity contribution in [3.63, 3.8) is 0 Å². The van der Waals surface area contributed by atoms with Gasteiger partial charge in [0.2, 0.25) is 5.91 Å². The number of aromatic hydroxyl groups is 1. The van der Waals surface area contributed by atoms with Crippen molar-refractivity contribution < 1.29 is 14.6 Å². The van der Waals surface area contributed by atoms with Crippen LogP contribution in [0, 0.1) is 0 Å². The molecule has 0 radical (unpaired) electrons. The Labute approximate surface area is 129 Å². The molecular weight excluding hydrogens is 280 g/mol. The van der Waals surface area contributed by atoms with Crippen molar-refractivity contribution in [2.24, 2.45) is 5.10 Å². The Hall–Kier alpha value is -2.82. The highest BCUT2D eigenvalue weighted by Crippen LogP contribution is 2.12. The van der Waals surface area contributed by atoms with E-state index in [0.717, 1.165) is 16.9 Å². The van der Waals surface area contributed by atoms with E-state index < -0.39 is 0 Å². The molecule has 0 unspecified atom stereocenters. The van der Waals surface area contributed by atoms with E-state index in [1.165, 1.54) is 0 Å². The number of amides is 1. The van der Waals surface area contributed by atoms with E-state index in [9.17, 15) is 9.90 Å². The zero-order valence-corrected chi connectivity index (χ0v) is 12.5. The number of nitrogens with one attached hydrogen (secondary N) is 1. The van der Waals surface area contributed by atoms with Gasteiger partial charge in [-0.2, -0.15) is 5.10 Å². The Kier molecular flexibility index (Phi) is 5.14. The molecule has 0 saturated carbocycles. The van der Waals surface area contributed by atoms with Crippen LogP contribution in [-0.4, -0.2) is 23.8 Å². The predicted molar refractivity (Wildman–Crippen MR) is 85.2 cm³/mol. The number of benzene rings is 2. The zero-order chi connectivity index (χ0) is 15.9. The summed E-state index contributed by atoms with van der Waals surface area (Å²) in [4.78, 5) is 11.9. The first kappa shape index (κ1) is 15.6. The largest absolute Gasteiger partial charge is 0.508 e. The number of phenolic OH excluding ortho intramolecular Hbond substituents is 1. The molecule has 0 aliphatic carbocycles. The second-order valence-corrected chi connectivity index (χ2v) is 4.80. The van der Waals surface area contributed by atoms with Crippen LogP contribution < -0.4 is 10.2 Å². The number of methoxy groups -OCH3 is 1. The molecule has 0 bridgehead atoms. The molecule has 2 rings (SSSR count). The molecule has 0 spiro atoms. The van der Waals surface area contributed by atoms with E-state index in [1.54, 1.807) is 38.3 Å². The summed E-state index contributed by atoms with van der Waals surface area (Å²) in [6.07, 6.45) is 0.246. The highest BCUT2D eigenvalue weighted by Gasteiger charge is 2.04. The fraction of sp³-hybridized carbons (Fsp3) is 0.176. The van der Waals surface area contributed by atoms with Gasteiger partial charge in [0.1, 0.15) is 11.5 Å². The average molecular weight is 298 g/mol. The van der Waals surface area contributed by atoms with Gasteiger partial charge in [-0.05, 0) is 54.4 Å². The molecule has 2 aromatic rings. The van der Waals surface area contributed by atoms with E-state index in [0.29, 0.717) is 5.71 Å². The highest BCUT2D eigenvalue weighted by atomic mass is 16.5. The third-order valence-corrected chi connectivity index (χ3v) is 3.16. The summed E-state index contributed by atoms with van der Waals surface area (Å²) in [6.45, 7) is 1.79. The zero-order valence-electron chi connectivity index (χ0n) is 12.5. The maximum atomic E-state index is 11.9. The first-order valence-electron chi connectivity index (χ1n) is 6.84. The number of hydrogen-bond acceptors (Lipinski definition) is 4. The van der Waals surface area contributed by atoms with Crippen molar-refractivity contribution in [3.05, 3.63) is 59.7 Å². The monoisotopic (exact) mass is 298 g/mol. The van der Waals surface area contributed by atoms with Crippen LogP contribution in [0.1, 0.15) is 18.1 Å². The van der Waals surface area contributed by atoms with E-state index >= 15 is 0 Å². The van der Waals surface area contributed by atoms with Crippen molar-refractivity contribution in [2.45, 2.75) is 13.3 Å². The predicted octanol–water partition coefficient (Wildman–Crippen LogP) is 2.48. The fourth-order valence-electron chi connectivity index (χ4n) is 1.88. The molecule has 22 heavy (non-hydrogen) atoms. The molecule has 0 aliphatic heterocycles. The lowest BCUT2D eigenvalue weighted by Gasteiger charge is -2.04. The van der Waals surface area contributed by atoms with Crippen LogP contribution in [0.15, 0.2) is 53.6 Å². The molecule has 1 amide bonds. The minimum absolute atomic E-state index is 0.191. The van der Waals surface area contributed by atoms with Gasteiger partial charge in [0.15, 0.2) is 0 Å². The third-order valence-electron chi connectivity index (χ3n) is 3.16. The van der Waals surface area contributed by atoms with Crippen LogP contribution in [0.5, 0.6) is 11.5 Å². The van der Waals surface area contributed by atoms with Crippen LogP contribution >= 0.6 is 0 Å². The van der Waals surface area contributed by atoms with Crippen LogP contribution in [-0.2, 0) is 11.2 Å². The summed E-state index contributed by atoms with van der Waals surface area (Å²) in [5, 5.41) is 13.3. The SMILES string of the molecule is COc1ccc(CC(=O)N/N=C(\C)c2ccc(O)cc2)cc1. The summed E-state index contributed by atoms with van der Waals surface area (Å²) in [7, 11) is 1.60. The van der Waals surface area contributed by atoms with Crippen LogP contribution in [0.3, 0.4) is 0 Å². The molecule has 0 saturated heterocycles. The van der Waals surface area contributed by atoms with E-state index in [-0.39, 0.29) is 18.1 Å². The molecule has 0 atom stereocenters. The van der Waals surface area contributed by atoms with Crippen molar-refractivity contribution in [3.8, 4) is 11.5 Å².